The summed E-state index contributed by atoms with van der Waals surface area (Å²) in [7, 11) is 0. The van der Waals surface area contributed by atoms with Gasteiger partial charge in [0.05, 0.1) is 11.1 Å². The summed E-state index contributed by atoms with van der Waals surface area (Å²) >= 11 is 0. The minimum Gasteiger partial charge on any atom is -0.356 e. The average molecular weight is 185 g/mol. The van der Waals surface area contributed by atoms with Crippen LogP contribution in [0.5, 0.6) is 0 Å². The number of H-pyrrole nitrogens is 1. The van der Waals surface area contributed by atoms with Crippen molar-refractivity contribution in [1.29, 1.82) is 0 Å². The minimum absolute atomic E-state index is 0.789. The molecule has 1 aromatic carbocycles. The van der Waals surface area contributed by atoms with Crippen molar-refractivity contribution in [2.24, 2.45) is 0 Å². The van der Waals surface area contributed by atoms with Gasteiger partial charge in [-0.15, -0.1) is 0 Å². The predicted octanol–water partition coefficient (Wildman–Crippen LogP) is 2.22. The Morgan fingerprint density at radius 2 is 2.07 bits per heavy atom. The third-order valence-electron chi connectivity index (χ3n) is 2.13. The van der Waals surface area contributed by atoms with E-state index >= 15 is 0 Å². The second-order valence-electron chi connectivity index (χ2n) is 3.00. The number of rotatable bonds is 1. The van der Waals surface area contributed by atoms with Gasteiger partial charge in [0.1, 0.15) is 5.69 Å². The van der Waals surface area contributed by atoms with Crippen LogP contribution in [0.4, 0.5) is 0 Å². The van der Waals surface area contributed by atoms with Crippen molar-refractivity contribution in [1.82, 2.24) is 15.4 Å². The molecule has 3 rings (SSSR count). The predicted molar refractivity (Wildman–Crippen MR) is 51.6 cm³/mol. The normalized spacial score (nSPS) is 10.9. The first-order chi connectivity index (χ1) is 6.95. The summed E-state index contributed by atoms with van der Waals surface area (Å²) in [6.07, 6.45) is 1.69. The lowest BCUT2D eigenvalue weighted by molar-refractivity contribution is 0.459. The van der Waals surface area contributed by atoms with Gasteiger partial charge in [-0.25, -0.2) is 0 Å². The number of aromatic amines is 1. The molecule has 68 valence electrons. The Morgan fingerprint density at radius 3 is 2.93 bits per heavy atom. The van der Waals surface area contributed by atoms with Crippen LogP contribution in [0.3, 0.4) is 0 Å². The van der Waals surface area contributed by atoms with E-state index in [1.165, 1.54) is 0 Å². The number of aromatic nitrogens is 3. The van der Waals surface area contributed by atoms with E-state index in [4.69, 9.17) is 4.52 Å². The van der Waals surface area contributed by atoms with Gasteiger partial charge in [0, 0.05) is 6.20 Å². The zero-order valence-electron chi connectivity index (χ0n) is 7.27. The van der Waals surface area contributed by atoms with Gasteiger partial charge in [-0.05, 0) is 18.2 Å². The van der Waals surface area contributed by atoms with Crippen LogP contribution in [0.25, 0.3) is 22.4 Å². The number of benzene rings is 1. The molecule has 0 saturated heterocycles. The van der Waals surface area contributed by atoms with Crippen molar-refractivity contribution >= 4 is 11.0 Å². The van der Waals surface area contributed by atoms with Crippen LogP contribution in [0.2, 0.25) is 0 Å². The Labute approximate surface area is 79.5 Å². The number of nitrogens with zero attached hydrogens (tertiary/aromatic N) is 2. The number of fused-ring (bicyclic) bond motifs is 1. The minimum atomic E-state index is 0.789. The van der Waals surface area contributed by atoms with Crippen LogP contribution in [0, 0.1) is 0 Å². The first-order valence-corrected chi connectivity index (χ1v) is 4.29. The van der Waals surface area contributed by atoms with Gasteiger partial charge in [-0.3, -0.25) is 5.10 Å². The maximum absolute atomic E-state index is 5.18. The van der Waals surface area contributed by atoms with E-state index in [2.05, 4.69) is 15.4 Å². The third kappa shape index (κ3) is 0.939. The van der Waals surface area contributed by atoms with Crippen molar-refractivity contribution in [3.05, 3.63) is 36.5 Å². The molecule has 0 unspecified atom stereocenters. The molecule has 2 heterocycles. The van der Waals surface area contributed by atoms with E-state index in [0.717, 1.165) is 22.4 Å². The largest absolute Gasteiger partial charge is 0.356 e. The quantitative estimate of drug-likeness (QED) is 0.632. The summed E-state index contributed by atoms with van der Waals surface area (Å²) in [5, 5.41) is 11.7. The summed E-state index contributed by atoms with van der Waals surface area (Å²) in [5.41, 5.74) is 2.46. The summed E-state index contributed by atoms with van der Waals surface area (Å²) in [5.74, 6) is 0. The molecule has 0 atom stereocenters. The van der Waals surface area contributed by atoms with Crippen molar-refractivity contribution in [3.63, 3.8) is 0 Å². The third-order valence-corrected chi connectivity index (χ3v) is 2.13. The van der Waals surface area contributed by atoms with Gasteiger partial charge in [-0.2, -0.15) is 5.10 Å². The van der Waals surface area contributed by atoms with Gasteiger partial charge < -0.3 is 4.52 Å². The Morgan fingerprint density at radius 1 is 1.14 bits per heavy atom. The number of nitrogens with one attached hydrogen (secondary N) is 1. The molecule has 3 aromatic rings. The highest BCUT2D eigenvalue weighted by atomic mass is 16.5. The summed E-state index contributed by atoms with van der Waals surface area (Å²) in [4.78, 5) is 0. The highest BCUT2D eigenvalue weighted by Gasteiger charge is 2.09. The topological polar surface area (TPSA) is 54.7 Å². The van der Waals surface area contributed by atoms with Gasteiger partial charge in [0.15, 0.2) is 5.58 Å². The van der Waals surface area contributed by atoms with Crippen LogP contribution in [0.15, 0.2) is 41.1 Å². The standard InChI is InChI=1S/C10H7N3O/c1-2-4-9-7(3-1)10(13-14-9)8-5-6-11-12-8/h1-6H,(H,11,12). The summed E-state index contributed by atoms with van der Waals surface area (Å²) in [6.45, 7) is 0. The molecular formula is C10H7N3O. The van der Waals surface area contributed by atoms with E-state index < -0.39 is 0 Å². The van der Waals surface area contributed by atoms with Crippen molar-refractivity contribution in [3.8, 4) is 11.4 Å². The fraction of sp³-hybridized carbons (Fsp3) is 0. The monoisotopic (exact) mass is 185 g/mol. The molecule has 0 aliphatic rings. The summed E-state index contributed by atoms with van der Waals surface area (Å²) in [6, 6.07) is 9.61. The van der Waals surface area contributed by atoms with Gasteiger partial charge in [0.25, 0.3) is 0 Å². The zero-order valence-corrected chi connectivity index (χ0v) is 7.27. The molecule has 0 aliphatic carbocycles. The van der Waals surface area contributed by atoms with Crippen LogP contribution < -0.4 is 0 Å². The molecule has 0 aliphatic heterocycles. The lowest BCUT2D eigenvalue weighted by atomic mass is 10.2. The van der Waals surface area contributed by atoms with E-state index in [9.17, 15) is 0 Å². The second-order valence-corrected chi connectivity index (χ2v) is 3.00. The fourth-order valence-electron chi connectivity index (χ4n) is 1.47. The van der Waals surface area contributed by atoms with E-state index in [0.29, 0.717) is 0 Å². The maximum Gasteiger partial charge on any atom is 0.167 e. The van der Waals surface area contributed by atoms with Crippen molar-refractivity contribution in [2.45, 2.75) is 0 Å². The Hall–Kier alpha value is -2.10. The highest BCUT2D eigenvalue weighted by molar-refractivity contribution is 5.90. The Kier molecular flexibility index (Phi) is 1.41. The molecule has 1 N–H and O–H groups in total. The van der Waals surface area contributed by atoms with E-state index in [-0.39, 0.29) is 0 Å². The molecule has 4 nitrogen and oxygen atoms in total. The first-order valence-electron chi connectivity index (χ1n) is 4.29. The molecule has 0 amide bonds. The SMILES string of the molecule is c1ccc2c(-c3ccn[nH]3)noc2c1. The lowest BCUT2D eigenvalue weighted by Gasteiger charge is -1.88. The zero-order chi connectivity index (χ0) is 9.38. The molecule has 0 fully saturated rings. The average Bonchev–Trinajstić information content (AvgIpc) is 2.85. The smallest absolute Gasteiger partial charge is 0.167 e. The number of hydrogen-bond acceptors (Lipinski definition) is 3. The Balaban J connectivity index is 2.33. The molecule has 4 heteroatoms. The number of hydrogen-bond donors (Lipinski definition) is 1. The van der Waals surface area contributed by atoms with Gasteiger partial charge in [-0.1, -0.05) is 17.3 Å². The maximum atomic E-state index is 5.18. The molecule has 0 spiro atoms. The fourth-order valence-corrected chi connectivity index (χ4v) is 1.47. The number of para-hydroxylation sites is 1. The van der Waals surface area contributed by atoms with Gasteiger partial charge >= 0.3 is 0 Å². The van der Waals surface area contributed by atoms with E-state index in [1.54, 1.807) is 6.20 Å². The molecule has 0 bridgehead atoms. The second kappa shape index (κ2) is 2.70. The van der Waals surface area contributed by atoms with Crippen LogP contribution >= 0.6 is 0 Å². The molecule has 14 heavy (non-hydrogen) atoms. The van der Waals surface area contributed by atoms with Crippen LogP contribution in [-0.2, 0) is 0 Å². The van der Waals surface area contributed by atoms with Crippen molar-refractivity contribution < 1.29 is 4.52 Å². The van der Waals surface area contributed by atoms with Crippen LogP contribution in [0.1, 0.15) is 0 Å². The van der Waals surface area contributed by atoms with Gasteiger partial charge in [0.2, 0.25) is 0 Å². The van der Waals surface area contributed by atoms with E-state index in [1.807, 2.05) is 30.3 Å². The summed E-state index contributed by atoms with van der Waals surface area (Å²) < 4.78 is 5.18. The molecular weight excluding hydrogens is 178 g/mol. The Bertz CT molecular complexity index is 554. The highest BCUT2D eigenvalue weighted by Crippen LogP contribution is 2.25. The molecule has 0 saturated carbocycles. The van der Waals surface area contributed by atoms with Crippen LogP contribution in [-0.4, -0.2) is 15.4 Å². The molecule has 2 aromatic heterocycles. The first kappa shape index (κ1) is 7.32. The van der Waals surface area contributed by atoms with Crippen molar-refractivity contribution in [2.75, 3.05) is 0 Å². The lowest BCUT2D eigenvalue weighted by Crippen LogP contribution is -1.77. The molecule has 0 radical (unpaired) electrons.